The number of fused-ring (bicyclic) bond motifs is 1. The van der Waals surface area contributed by atoms with E-state index in [1.165, 1.54) is 7.11 Å². The molecule has 2 rings (SSSR count). The number of ether oxygens (including phenoxy) is 1. The van der Waals surface area contributed by atoms with Crippen LogP contribution >= 0.6 is 31.9 Å². The number of alkyl halides is 1. The molecule has 0 bridgehead atoms. The summed E-state index contributed by atoms with van der Waals surface area (Å²) in [4.78, 5) is 11.0. The van der Waals surface area contributed by atoms with E-state index in [1.807, 2.05) is 30.3 Å². The second-order valence-electron chi connectivity index (χ2n) is 4.01. The van der Waals surface area contributed by atoms with Crippen LogP contribution in [0.5, 0.6) is 0 Å². The van der Waals surface area contributed by atoms with Gasteiger partial charge in [-0.3, -0.25) is 4.79 Å². The Morgan fingerprint density at radius 2 is 1.95 bits per heavy atom. The highest BCUT2D eigenvalue weighted by Crippen LogP contribution is 2.30. The molecule has 0 saturated heterocycles. The average Bonchev–Trinajstić information content (AvgIpc) is 2.45. The average molecular weight is 387 g/mol. The van der Waals surface area contributed by atoms with Crippen LogP contribution in [-0.4, -0.2) is 24.5 Å². The van der Waals surface area contributed by atoms with E-state index in [0.29, 0.717) is 6.54 Å². The normalized spacial score (nSPS) is 12.2. The highest BCUT2D eigenvalue weighted by molar-refractivity contribution is 9.10. The Hall–Kier alpha value is -1.07. The van der Waals surface area contributed by atoms with Crippen molar-refractivity contribution >= 4 is 54.3 Å². The number of methoxy groups -OCH3 is 1. The van der Waals surface area contributed by atoms with E-state index in [-0.39, 0.29) is 10.8 Å². The monoisotopic (exact) mass is 385 g/mol. The Balaban J connectivity index is 2.22. The third-order valence-corrected chi connectivity index (χ3v) is 4.19. The first-order valence-electron chi connectivity index (χ1n) is 5.76. The minimum atomic E-state index is -0.361. The number of carbonyl (C=O) groups excluding carboxylic acids is 1. The lowest BCUT2D eigenvalue weighted by atomic mass is 10.1. The molecule has 100 valence electrons. The van der Waals surface area contributed by atoms with Gasteiger partial charge in [0.1, 0.15) is 4.83 Å². The number of nitrogens with one attached hydrogen (secondary N) is 1. The van der Waals surface area contributed by atoms with Gasteiger partial charge in [-0.05, 0) is 17.5 Å². The Bertz CT molecular complexity index is 601. The summed E-state index contributed by atoms with van der Waals surface area (Å²) in [6.45, 7) is 0.471. The van der Waals surface area contributed by atoms with Crippen LogP contribution in [0.2, 0.25) is 0 Å². The molecule has 0 spiro atoms. The zero-order valence-electron chi connectivity index (χ0n) is 10.3. The van der Waals surface area contributed by atoms with Crippen LogP contribution in [0, 0.1) is 0 Å². The number of halogens is 2. The summed E-state index contributed by atoms with van der Waals surface area (Å²) in [5.41, 5.74) is 0.993. The van der Waals surface area contributed by atoms with Gasteiger partial charge in [0.05, 0.1) is 7.11 Å². The maximum atomic E-state index is 11.3. The van der Waals surface area contributed by atoms with Crippen LogP contribution < -0.4 is 5.32 Å². The molecule has 0 aromatic heterocycles. The van der Waals surface area contributed by atoms with Gasteiger partial charge in [0.15, 0.2) is 0 Å². The van der Waals surface area contributed by atoms with E-state index in [2.05, 4.69) is 48.0 Å². The molecule has 0 saturated carbocycles. The largest absolute Gasteiger partial charge is 0.468 e. The molecule has 0 amide bonds. The molecule has 1 N–H and O–H groups in total. The number of rotatable bonds is 4. The summed E-state index contributed by atoms with van der Waals surface area (Å²) in [5.74, 6) is -0.283. The third-order valence-electron chi connectivity index (χ3n) is 2.80. The highest BCUT2D eigenvalue weighted by atomic mass is 79.9. The molecule has 5 heteroatoms. The maximum Gasteiger partial charge on any atom is 0.321 e. The molecule has 0 aliphatic heterocycles. The quantitative estimate of drug-likeness (QED) is 0.638. The number of anilines is 1. The van der Waals surface area contributed by atoms with Gasteiger partial charge in [0.25, 0.3) is 0 Å². The molecule has 1 unspecified atom stereocenters. The molecule has 1 atom stereocenters. The third kappa shape index (κ3) is 3.28. The van der Waals surface area contributed by atoms with E-state index < -0.39 is 0 Å². The van der Waals surface area contributed by atoms with Crippen molar-refractivity contribution in [2.45, 2.75) is 4.83 Å². The second kappa shape index (κ2) is 6.39. The topological polar surface area (TPSA) is 38.3 Å². The van der Waals surface area contributed by atoms with E-state index >= 15 is 0 Å². The fraction of sp³-hybridized carbons (Fsp3) is 0.214. The number of hydrogen-bond donors (Lipinski definition) is 1. The zero-order valence-corrected chi connectivity index (χ0v) is 13.5. The van der Waals surface area contributed by atoms with Crippen LogP contribution in [0.4, 0.5) is 5.69 Å². The lowest BCUT2D eigenvalue weighted by Crippen LogP contribution is -2.24. The maximum absolute atomic E-state index is 11.3. The van der Waals surface area contributed by atoms with Crippen molar-refractivity contribution in [3.8, 4) is 0 Å². The van der Waals surface area contributed by atoms with Gasteiger partial charge in [0, 0.05) is 22.1 Å². The predicted molar refractivity (Wildman–Crippen MR) is 84.9 cm³/mol. The van der Waals surface area contributed by atoms with Gasteiger partial charge in [-0.25, -0.2) is 0 Å². The van der Waals surface area contributed by atoms with Crippen molar-refractivity contribution < 1.29 is 9.53 Å². The first kappa shape index (κ1) is 14.3. The van der Waals surface area contributed by atoms with Gasteiger partial charge in [-0.15, -0.1) is 0 Å². The van der Waals surface area contributed by atoms with Gasteiger partial charge in [-0.2, -0.15) is 0 Å². The van der Waals surface area contributed by atoms with Crippen molar-refractivity contribution in [2.75, 3.05) is 19.0 Å². The Morgan fingerprint density at radius 1 is 1.26 bits per heavy atom. The van der Waals surface area contributed by atoms with E-state index in [9.17, 15) is 4.79 Å². The summed E-state index contributed by atoms with van der Waals surface area (Å²) < 4.78 is 5.73. The van der Waals surface area contributed by atoms with Crippen molar-refractivity contribution in [1.82, 2.24) is 0 Å². The van der Waals surface area contributed by atoms with Crippen LogP contribution in [0.1, 0.15) is 0 Å². The SMILES string of the molecule is COC(=O)C(Br)CNc1ccc(Br)c2ccccc12. The Kier molecular flexibility index (Phi) is 4.82. The summed E-state index contributed by atoms with van der Waals surface area (Å²) in [6.07, 6.45) is 0. The highest BCUT2D eigenvalue weighted by Gasteiger charge is 2.15. The smallest absolute Gasteiger partial charge is 0.321 e. The first-order valence-corrected chi connectivity index (χ1v) is 7.47. The van der Waals surface area contributed by atoms with Crippen LogP contribution in [0.25, 0.3) is 10.8 Å². The standard InChI is InChI=1S/C14H13Br2NO2/c1-19-14(18)12(16)8-17-13-7-6-11(15)9-4-2-3-5-10(9)13/h2-7,12,17H,8H2,1H3. The summed E-state index contributed by atoms with van der Waals surface area (Å²) >= 11 is 6.83. The first-order chi connectivity index (χ1) is 9.13. The molecule has 0 heterocycles. The zero-order chi connectivity index (χ0) is 13.8. The molecule has 2 aromatic rings. The molecule has 0 aliphatic rings. The molecule has 2 aromatic carbocycles. The summed E-state index contributed by atoms with van der Waals surface area (Å²) in [6, 6.07) is 12.1. The van der Waals surface area contributed by atoms with Crippen molar-refractivity contribution in [3.63, 3.8) is 0 Å². The minimum Gasteiger partial charge on any atom is -0.468 e. The number of carbonyl (C=O) groups is 1. The summed E-state index contributed by atoms with van der Waals surface area (Å²) in [7, 11) is 1.38. The fourth-order valence-electron chi connectivity index (χ4n) is 1.83. The predicted octanol–water partition coefficient (Wildman–Crippen LogP) is 3.95. The van der Waals surface area contributed by atoms with E-state index in [0.717, 1.165) is 20.9 Å². The molecule has 0 fully saturated rings. The minimum absolute atomic E-state index is 0.283. The molecule has 0 radical (unpaired) electrons. The van der Waals surface area contributed by atoms with Crippen LogP contribution in [-0.2, 0) is 9.53 Å². The van der Waals surface area contributed by atoms with Gasteiger partial charge in [-0.1, -0.05) is 56.1 Å². The Morgan fingerprint density at radius 3 is 2.63 bits per heavy atom. The molecular weight excluding hydrogens is 374 g/mol. The fourth-order valence-corrected chi connectivity index (χ4v) is 2.65. The van der Waals surface area contributed by atoms with Crippen LogP contribution in [0.15, 0.2) is 40.9 Å². The Labute approximate surface area is 128 Å². The van der Waals surface area contributed by atoms with Gasteiger partial charge in [0.2, 0.25) is 0 Å². The van der Waals surface area contributed by atoms with Crippen molar-refractivity contribution in [3.05, 3.63) is 40.9 Å². The molecule has 0 aliphatic carbocycles. The van der Waals surface area contributed by atoms with Crippen molar-refractivity contribution in [2.24, 2.45) is 0 Å². The molecule has 19 heavy (non-hydrogen) atoms. The van der Waals surface area contributed by atoms with Crippen LogP contribution in [0.3, 0.4) is 0 Å². The molecular formula is C14H13Br2NO2. The second-order valence-corrected chi connectivity index (χ2v) is 5.97. The van der Waals surface area contributed by atoms with Gasteiger partial charge >= 0.3 is 5.97 Å². The number of esters is 1. The van der Waals surface area contributed by atoms with Crippen molar-refractivity contribution in [1.29, 1.82) is 0 Å². The lowest BCUT2D eigenvalue weighted by molar-refractivity contribution is -0.139. The number of hydrogen-bond acceptors (Lipinski definition) is 3. The lowest BCUT2D eigenvalue weighted by Gasteiger charge is -2.13. The van der Waals surface area contributed by atoms with E-state index in [4.69, 9.17) is 0 Å². The van der Waals surface area contributed by atoms with Gasteiger partial charge < -0.3 is 10.1 Å². The number of benzene rings is 2. The molecule has 3 nitrogen and oxygen atoms in total. The summed E-state index contributed by atoms with van der Waals surface area (Å²) in [5, 5.41) is 5.51. The van der Waals surface area contributed by atoms with E-state index in [1.54, 1.807) is 0 Å².